The van der Waals surface area contributed by atoms with E-state index < -0.39 is 5.82 Å². The van der Waals surface area contributed by atoms with Crippen LogP contribution in [0, 0.1) is 5.82 Å². The van der Waals surface area contributed by atoms with Gasteiger partial charge in [0.2, 0.25) is 5.91 Å². The van der Waals surface area contributed by atoms with Gasteiger partial charge in [0, 0.05) is 44.7 Å². The van der Waals surface area contributed by atoms with E-state index >= 15 is 0 Å². The van der Waals surface area contributed by atoms with Crippen molar-refractivity contribution in [2.75, 3.05) is 32.7 Å². The van der Waals surface area contributed by atoms with Crippen LogP contribution in [0.2, 0.25) is 0 Å². The maximum atomic E-state index is 13.1. The number of fused-ring (bicyclic) bond motifs is 1. The van der Waals surface area contributed by atoms with Crippen LogP contribution in [-0.2, 0) is 4.79 Å². The van der Waals surface area contributed by atoms with Crippen molar-refractivity contribution in [2.45, 2.75) is 12.8 Å². The van der Waals surface area contributed by atoms with Crippen LogP contribution in [0.1, 0.15) is 43.9 Å². The molecule has 0 saturated carbocycles. The fraction of sp³-hybridized carbons (Fsp3) is 0.304. The highest BCUT2D eigenvalue weighted by Crippen LogP contribution is 2.22. The first-order chi connectivity index (χ1) is 15.0. The van der Waals surface area contributed by atoms with Gasteiger partial charge in [0.1, 0.15) is 5.82 Å². The Labute approximate surface area is 179 Å². The second-order valence-electron chi connectivity index (χ2n) is 7.59. The number of carbonyl (C=O) groups excluding carboxylic acids is 4. The number of benzene rings is 2. The fourth-order valence-electron chi connectivity index (χ4n) is 3.95. The van der Waals surface area contributed by atoms with Crippen LogP contribution in [0.5, 0.6) is 0 Å². The van der Waals surface area contributed by atoms with Crippen LogP contribution >= 0.6 is 0 Å². The molecule has 8 heteroatoms. The van der Waals surface area contributed by atoms with Crippen molar-refractivity contribution < 1.29 is 23.6 Å². The summed E-state index contributed by atoms with van der Waals surface area (Å²) < 4.78 is 13.1. The molecule has 0 atom stereocenters. The Morgan fingerprint density at radius 1 is 0.806 bits per heavy atom. The minimum atomic E-state index is -0.401. The molecule has 31 heavy (non-hydrogen) atoms. The molecular weight excluding hydrogens is 401 g/mol. The number of amides is 4. The Kier molecular flexibility index (Phi) is 5.79. The van der Waals surface area contributed by atoms with Crippen molar-refractivity contribution in [3.8, 4) is 0 Å². The highest BCUT2D eigenvalue weighted by Gasteiger charge is 2.35. The maximum absolute atomic E-state index is 13.1. The van der Waals surface area contributed by atoms with E-state index in [1.54, 1.807) is 34.1 Å². The minimum absolute atomic E-state index is 0.0277. The maximum Gasteiger partial charge on any atom is 0.261 e. The summed E-state index contributed by atoms with van der Waals surface area (Å²) in [4.78, 5) is 54.7. The molecule has 0 unspecified atom stereocenters. The van der Waals surface area contributed by atoms with Crippen LogP contribution in [0.3, 0.4) is 0 Å². The zero-order valence-corrected chi connectivity index (χ0v) is 16.9. The van der Waals surface area contributed by atoms with E-state index in [-0.39, 0.29) is 36.6 Å². The Bertz CT molecular complexity index is 1000. The van der Waals surface area contributed by atoms with Crippen molar-refractivity contribution in [1.29, 1.82) is 0 Å². The average molecular weight is 423 g/mol. The van der Waals surface area contributed by atoms with Gasteiger partial charge in [-0.3, -0.25) is 24.1 Å². The van der Waals surface area contributed by atoms with Gasteiger partial charge in [-0.1, -0.05) is 12.1 Å². The van der Waals surface area contributed by atoms with Gasteiger partial charge in [-0.25, -0.2) is 4.39 Å². The topological polar surface area (TPSA) is 78.0 Å². The minimum Gasteiger partial charge on any atom is -0.341 e. The quantitative estimate of drug-likeness (QED) is 0.707. The third-order valence-electron chi connectivity index (χ3n) is 5.65. The predicted molar refractivity (Wildman–Crippen MR) is 110 cm³/mol. The Morgan fingerprint density at radius 2 is 1.39 bits per heavy atom. The SMILES string of the molecule is O=C(CCN1C(=O)c2ccccc2C1=O)N1CCCN(C(=O)c2ccc(F)cc2)CC1. The molecule has 4 amide bonds. The number of hydrogen-bond acceptors (Lipinski definition) is 4. The zero-order chi connectivity index (χ0) is 22.0. The summed E-state index contributed by atoms with van der Waals surface area (Å²) in [5, 5.41) is 0. The molecule has 1 fully saturated rings. The van der Waals surface area contributed by atoms with Crippen LogP contribution in [0.15, 0.2) is 48.5 Å². The zero-order valence-electron chi connectivity index (χ0n) is 16.9. The van der Waals surface area contributed by atoms with Gasteiger partial charge in [-0.15, -0.1) is 0 Å². The molecule has 7 nitrogen and oxygen atoms in total. The molecule has 0 bridgehead atoms. The summed E-state index contributed by atoms with van der Waals surface area (Å²) in [5.41, 5.74) is 1.14. The molecule has 0 aromatic heterocycles. The second kappa shape index (κ2) is 8.67. The monoisotopic (exact) mass is 423 g/mol. The number of imide groups is 1. The highest BCUT2D eigenvalue weighted by molar-refractivity contribution is 6.21. The first-order valence-electron chi connectivity index (χ1n) is 10.2. The van der Waals surface area contributed by atoms with Crippen LogP contribution < -0.4 is 0 Å². The third-order valence-corrected chi connectivity index (χ3v) is 5.65. The molecule has 160 valence electrons. The summed E-state index contributed by atoms with van der Waals surface area (Å²) in [5.74, 6) is -1.50. The van der Waals surface area contributed by atoms with Gasteiger partial charge in [-0.2, -0.15) is 0 Å². The summed E-state index contributed by atoms with van der Waals surface area (Å²) in [6.07, 6.45) is 0.656. The molecular formula is C23H22FN3O4. The first kappa shape index (κ1) is 20.7. The van der Waals surface area contributed by atoms with E-state index in [0.29, 0.717) is 49.3 Å². The summed E-state index contributed by atoms with van der Waals surface area (Å²) in [7, 11) is 0. The van der Waals surface area contributed by atoms with Gasteiger partial charge in [0.25, 0.3) is 17.7 Å². The van der Waals surface area contributed by atoms with Crippen LogP contribution in [0.4, 0.5) is 4.39 Å². The van der Waals surface area contributed by atoms with E-state index in [1.165, 1.54) is 24.3 Å². The van der Waals surface area contributed by atoms with Crippen molar-refractivity contribution in [3.05, 3.63) is 71.0 Å². The molecule has 2 aliphatic heterocycles. The first-order valence-corrected chi connectivity index (χ1v) is 10.2. The van der Waals surface area contributed by atoms with E-state index in [0.717, 1.165) is 4.90 Å². The lowest BCUT2D eigenvalue weighted by Crippen LogP contribution is -2.39. The highest BCUT2D eigenvalue weighted by atomic mass is 19.1. The second-order valence-corrected chi connectivity index (χ2v) is 7.59. The van der Waals surface area contributed by atoms with Crippen molar-refractivity contribution in [3.63, 3.8) is 0 Å². The molecule has 0 radical (unpaired) electrons. The lowest BCUT2D eigenvalue weighted by atomic mass is 10.1. The van der Waals surface area contributed by atoms with Crippen molar-refractivity contribution >= 4 is 23.6 Å². The normalized spacial score (nSPS) is 16.4. The Morgan fingerprint density at radius 3 is 2.03 bits per heavy atom. The number of hydrogen-bond donors (Lipinski definition) is 0. The fourth-order valence-corrected chi connectivity index (χ4v) is 3.95. The molecule has 2 aliphatic rings. The summed E-state index contributed by atoms with van der Waals surface area (Å²) >= 11 is 0. The Balaban J connectivity index is 1.32. The molecule has 1 saturated heterocycles. The standard InChI is InChI=1S/C23H22FN3O4/c24-17-8-6-16(7-9-17)21(29)26-12-3-11-25(14-15-26)20(28)10-13-27-22(30)18-4-1-2-5-19(18)23(27)31/h1-2,4-9H,3,10-15H2. The third kappa shape index (κ3) is 4.19. The number of nitrogens with zero attached hydrogens (tertiary/aromatic N) is 3. The van der Waals surface area contributed by atoms with Gasteiger partial charge < -0.3 is 9.80 Å². The lowest BCUT2D eigenvalue weighted by molar-refractivity contribution is -0.131. The molecule has 2 aromatic rings. The average Bonchev–Trinajstić information content (AvgIpc) is 2.94. The van der Waals surface area contributed by atoms with E-state index in [1.807, 2.05) is 0 Å². The van der Waals surface area contributed by atoms with Gasteiger partial charge in [-0.05, 0) is 42.8 Å². The molecule has 4 rings (SSSR count). The van der Waals surface area contributed by atoms with Crippen molar-refractivity contribution in [1.82, 2.24) is 14.7 Å². The van der Waals surface area contributed by atoms with Crippen LogP contribution in [-0.4, -0.2) is 71.1 Å². The number of carbonyl (C=O) groups is 4. The largest absolute Gasteiger partial charge is 0.341 e. The van der Waals surface area contributed by atoms with Gasteiger partial charge >= 0.3 is 0 Å². The molecule has 2 aromatic carbocycles. The lowest BCUT2D eigenvalue weighted by Gasteiger charge is -2.23. The van der Waals surface area contributed by atoms with Gasteiger partial charge in [0.05, 0.1) is 11.1 Å². The van der Waals surface area contributed by atoms with Gasteiger partial charge in [0.15, 0.2) is 0 Å². The molecule has 0 aliphatic carbocycles. The van der Waals surface area contributed by atoms with E-state index in [4.69, 9.17) is 0 Å². The number of halogens is 1. The summed E-state index contributed by atoms with van der Waals surface area (Å²) in [6.45, 7) is 1.76. The van der Waals surface area contributed by atoms with E-state index in [2.05, 4.69) is 0 Å². The molecule has 0 spiro atoms. The molecule has 0 N–H and O–H groups in total. The van der Waals surface area contributed by atoms with E-state index in [9.17, 15) is 23.6 Å². The van der Waals surface area contributed by atoms with Crippen molar-refractivity contribution in [2.24, 2.45) is 0 Å². The molecule has 2 heterocycles. The number of rotatable bonds is 4. The summed E-state index contributed by atoms with van der Waals surface area (Å²) in [6, 6.07) is 12.0. The predicted octanol–water partition coefficient (Wildman–Crippen LogP) is 2.19. The Hall–Kier alpha value is -3.55. The van der Waals surface area contributed by atoms with Crippen LogP contribution in [0.25, 0.3) is 0 Å². The smallest absolute Gasteiger partial charge is 0.261 e.